The first-order valence-electron chi connectivity index (χ1n) is 9.50. The van der Waals surface area contributed by atoms with E-state index in [1.807, 2.05) is 6.07 Å². The Morgan fingerprint density at radius 1 is 1.08 bits per heavy atom. The number of nitrogens with one attached hydrogen (secondary N) is 1. The highest BCUT2D eigenvalue weighted by Crippen LogP contribution is 2.18. The maximum atomic E-state index is 12.3. The van der Waals surface area contributed by atoms with Crippen LogP contribution in [0, 0.1) is 5.92 Å². The Balaban J connectivity index is 1.36. The summed E-state index contributed by atoms with van der Waals surface area (Å²) in [5.74, 6) is -0.0488. The van der Waals surface area contributed by atoms with Gasteiger partial charge in [-0.05, 0) is 37.9 Å². The first-order chi connectivity index (χ1) is 12.6. The van der Waals surface area contributed by atoms with Gasteiger partial charge in [-0.2, -0.15) is 0 Å². The number of rotatable bonds is 6. The fourth-order valence-corrected chi connectivity index (χ4v) is 3.91. The third-order valence-electron chi connectivity index (χ3n) is 5.38. The van der Waals surface area contributed by atoms with Crippen molar-refractivity contribution in [1.29, 1.82) is 0 Å². The summed E-state index contributed by atoms with van der Waals surface area (Å²) in [6.07, 6.45) is 2.55. The monoisotopic (exact) mass is 359 g/mol. The maximum absolute atomic E-state index is 12.3. The lowest BCUT2D eigenvalue weighted by Crippen LogP contribution is -2.46. The van der Waals surface area contributed by atoms with Gasteiger partial charge in [0.1, 0.15) is 0 Å². The molecule has 1 aromatic carbocycles. The number of likely N-dealkylation sites (tertiary alicyclic amines) is 2. The van der Waals surface area contributed by atoms with Crippen LogP contribution in [0.4, 0.5) is 0 Å². The molecule has 3 rings (SSSR count). The van der Waals surface area contributed by atoms with Gasteiger partial charge >= 0.3 is 5.97 Å². The van der Waals surface area contributed by atoms with Crippen molar-refractivity contribution in [2.45, 2.75) is 31.8 Å². The van der Waals surface area contributed by atoms with Crippen molar-refractivity contribution >= 4 is 11.9 Å². The molecule has 6 nitrogen and oxygen atoms in total. The minimum atomic E-state index is -0.126. The van der Waals surface area contributed by atoms with E-state index < -0.39 is 0 Å². The number of hydrogen-bond donors (Lipinski definition) is 1. The lowest BCUT2D eigenvalue weighted by atomic mass is 9.97. The van der Waals surface area contributed by atoms with E-state index in [4.69, 9.17) is 4.74 Å². The summed E-state index contributed by atoms with van der Waals surface area (Å²) in [5.41, 5.74) is 1.31. The number of piperidine rings is 1. The highest BCUT2D eigenvalue weighted by Gasteiger charge is 2.28. The second-order valence-electron chi connectivity index (χ2n) is 7.35. The lowest BCUT2D eigenvalue weighted by Gasteiger charge is -2.30. The normalized spacial score (nSPS) is 22.3. The molecule has 2 heterocycles. The molecular formula is C20H29N3O3. The summed E-state index contributed by atoms with van der Waals surface area (Å²) >= 11 is 0. The van der Waals surface area contributed by atoms with Crippen LogP contribution in [0.5, 0.6) is 0 Å². The molecule has 6 heteroatoms. The standard InChI is InChI=1S/C20H29N3O3/c1-26-20(25)17-7-10-22(11-8-17)15-19(24)21-18-9-12-23(14-18)13-16-5-3-2-4-6-16/h2-6,17-18H,7-15H2,1H3,(H,21,24)/t18-/m1/s1. The quantitative estimate of drug-likeness (QED) is 0.775. The number of amides is 1. The van der Waals surface area contributed by atoms with Crippen molar-refractivity contribution in [3.8, 4) is 0 Å². The number of hydrogen-bond acceptors (Lipinski definition) is 5. The summed E-state index contributed by atoms with van der Waals surface area (Å²) in [6.45, 7) is 4.84. The highest BCUT2D eigenvalue weighted by atomic mass is 16.5. The van der Waals surface area contributed by atoms with E-state index in [2.05, 4.69) is 39.4 Å². The van der Waals surface area contributed by atoms with Crippen LogP contribution < -0.4 is 5.32 Å². The molecule has 1 amide bonds. The number of esters is 1. The molecule has 0 bridgehead atoms. The first-order valence-corrected chi connectivity index (χ1v) is 9.50. The van der Waals surface area contributed by atoms with Gasteiger partial charge in [0.05, 0.1) is 19.6 Å². The fourth-order valence-electron chi connectivity index (χ4n) is 3.91. The van der Waals surface area contributed by atoms with Crippen molar-refractivity contribution < 1.29 is 14.3 Å². The van der Waals surface area contributed by atoms with Crippen LogP contribution >= 0.6 is 0 Å². The van der Waals surface area contributed by atoms with Crippen LogP contribution in [0.3, 0.4) is 0 Å². The lowest BCUT2D eigenvalue weighted by molar-refractivity contribution is -0.147. The molecule has 1 atom stereocenters. The average molecular weight is 359 g/mol. The van der Waals surface area contributed by atoms with E-state index in [0.29, 0.717) is 6.54 Å². The number of benzene rings is 1. The molecule has 142 valence electrons. The molecule has 0 unspecified atom stereocenters. The largest absolute Gasteiger partial charge is 0.469 e. The molecule has 2 aliphatic rings. The van der Waals surface area contributed by atoms with Gasteiger partial charge in [-0.3, -0.25) is 19.4 Å². The van der Waals surface area contributed by atoms with Gasteiger partial charge in [0.25, 0.3) is 0 Å². The van der Waals surface area contributed by atoms with Crippen molar-refractivity contribution in [3.05, 3.63) is 35.9 Å². The molecule has 26 heavy (non-hydrogen) atoms. The predicted molar refractivity (Wildman–Crippen MR) is 99.4 cm³/mol. The van der Waals surface area contributed by atoms with Crippen LogP contribution in [0.1, 0.15) is 24.8 Å². The summed E-state index contributed by atoms with van der Waals surface area (Å²) in [7, 11) is 1.44. The molecule has 2 saturated heterocycles. The highest BCUT2D eigenvalue weighted by molar-refractivity contribution is 5.78. The first kappa shape index (κ1) is 18.9. The molecule has 0 aliphatic carbocycles. The molecule has 2 aliphatic heterocycles. The second kappa shape index (κ2) is 9.14. The molecule has 0 aromatic heterocycles. The van der Waals surface area contributed by atoms with Crippen LogP contribution in [0.15, 0.2) is 30.3 Å². The smallest absolute Gasteiger partial charge is 0.308 e. The molecule has 1 N–H and O–H groups in total. The summed E-state index contributed by atoms with van der Waals surface area (Å²) in [4.78, 5) is 28.4. The summed E-state index contributed by atoms with van der Waals surface area (Å²) in [5, 5.41) is 3.17. The van der Waals surface area contributed by atoms with Crippen molar-refractivity contribution in [1.82, 2.24) is 15.1 Å². The van der Waals surface area contributed by atoms with Crippen molar-refractivity contribution in [2.24, 2.45) is 5.92 Å². The number of carbonyl (C=O) groups excluding carboxylic acids is 2. The van der Waals surface area contributed by atoms with Crippen LogP contribution in [0.2, 0.25) is 0 Å². The topological polar surface area (TPSA) is 61.9 Å². The number of nitrogens with zero attached hydrogens (tertiary/aromatic N) is 2. The van der Waals surface area contributed by atoms with Gasteiger partial charge in [0.15, 0.2) is 0 Å². The van der Waals surface area contributed by atoms with E-state index in [1.165, 1.54) is 12.7 Å². The zero-order valence-corrected chi connectivity index (χ0v) is 15.5. The Kier molecular flexibility index (Phi) is 6.63. The Hall–Kier alpha value is -1.92. The average Bonchev–Trinajstić information content (AvgIpc) is 3.09. The van der Waals surface area contributed by atoms with Crippen LogP contribution in [-0.4, -0.2) is 67.6 Å². The zero-order chi connectivity index (χ0) is 18.4. The van der Waals surface area contributed by atoms with Gasteiger partial charge in [-0.25, -0.2) is 0 Å². The Morgan fingerprint density at radius 2 is 1.77 bits per heavy atom. The minimum absolute atomic E-state index is 0.0133. The van der Waals surface area contributed by atoms with E-state index in [-0.39, 0.29) is 23.8 Å². The minimum Gasteiger partial charge on any atom is -0.469 e. The predicted octanol–water partition coefficient (Wildman–Crippen LogP) is 1.26. The molecule has 0 radical (unpaired) electrons. The Bertz CT molecular complexity index is 600. The molecular weight excluding hydrogens is 330 g/mol. The number of carbonyl (C=O) groups is 2. The third kappa shape index (κ3) is 5.29. The third-order valence-corrected chi connectivity index (χ3v) is 5.38. The second-order valence-corrected chi connectivity index (χ2v) is 7.35. The number of ether oxygens (including phenoxy) is 1. The van der Waals surface area contributed by atoms with Crippen LogP contribution in [-0.2, 0) is 20.9 Å². The van der Waals surface area contributed by atoms with E-state index in [1.54, 1.807) is 0 Å². The summed E-state index contributed by atoms with van der Waals surface area (Å²) < 4.78 is 4.81. The van der Waals surface area contributed by atoms with Crippen molar-refractivity contribution in [3.63, 3.8) is 0 Å². The van der Waals surface area contributed by atoms with Gasteiger partial charge in [0.2, 0.25) is 5.91 Å². The maximum Gasteiger partial charge on any atom is 0.308 e. The van der Waals surface area contributed by atoms with Gasteiger partial charge in [-0.15, -0.1) is 0 Å². The van der Waals surface area contributed by atoms with Crippen LogP contribution in [0.25, 0.3) is 0 Å². The Labute approximate surface area is 155 Å². The summed E-state index contributed by atoms with van der Waals surface area (Å²) in [6, 6.07) is 10.7. The molecule has 2 fully saturated rings. The van der Waals surface area contributed by atoms with Gasteiger partial charge in [-0.1, -0.05) is 30.3 Å². The van der Waals surface area contributed by atoms with E-state index in [0.717, 1.165) is 52.0 Å². The van der Waals surface area contributed by atoms with E-state index >= 15 is 0 Å². The molecule has 0 saturated carbocycles. The number of methoxy groups -OCH3 is 1. The fraction of sp³-hybridized carbons (Fsp3) is 0.600. The zero-order valence-electron chi connectivity index (χ0n) is 15.5. The van der Waals surface area contributed by atoms with Gasteiger partial charge < -0.3 is 10.1 Å². The van der Waals surface area contributed by atoms with Gasteiger partial charge in [0, 0.05) is 25.7 Å². The Morgan fingerprint density at radius 3 is 2.46 bits per heavy atom. The van der Waals surface area contributed by atoms with E-state index in [9.17, 15) is 9.59 Å². The molecule has 0 spiro atoms. The van der Waals surface area contributed by atoms with Crippen molar-refractivity contribution in [2.75, 3.05) is 39.8 Å². The molecule has 1 aromatic rings. The SMILES string of the molecule is COC(=O)C1CCN(CC(=O)N[C@@H]2CCN(Cc3ccccc3)C2)CC1.